The van der Waals surface area contributed by atoms with Crippen LogP contribution in [0.25, 0.3) is 11.0 Å². The van der Waals surface area contributed by atoms with Crippen molar-refractivity contribution in [3.05, 3.63) is 63.8 Å². The van der Waals surface area contributed by atoms with Crippen molar-refractivity contribution < 1.29 is 18.7 Å². The Labute approximate surface area is 172 Å². The van der Waals surface area contributed by atoms with E-state index in [0.717, 1.165) is 5.39 Å². The van der Waals surface area contributed by atoms with Crippen molar-refractivity contribution >= 4 is 51.7 Å². The zero-order valence-electron chi connectivity index (χ0n) is 15.3. The minimum Gasteiger partial charge on any atom is -0.451 e. The monoisotopic (exact) mass is 420 g/mol. The lowest BCUT2D eigenvalue weighted by Crippen LogP contribution is -2.35. The van der Waals surface area contributed by atoms with Gasteiger partial charge < -0.3 is 19.4 Å². The fourth-order valence-electron chi connectivity index (χ4n) is 2.79. The predicted octanol–water partition coefficient (Wildman–Crippen LogP) is 4.60. The molecule has 0 aliphatic rings. The van der Waals surface area contributed by atoms with Crippen LogP contribution in [0.5, 0.6) is 0 Å². The second-order valence-electron chi connectivity index (χ2n) is 6.18. The highest BCUT2D eigenvalue weighted by atomic mass is 35.5. The molecule has 3 aromatic rings. The smallest absolute Gasteiger partial charge is 0.290 e. The summed E-state index contributed by atoms with van der Waals surface area (Å²) in [7, 11) is 3.07. The summed E-state index contributed by atoms with van der Waals surface area (Å²) in [5.41, 5.74) is 1.73. The summed E-state index contributed by atoms with van der Waals surface area (Å²) in [6.07, 6.45) is 0. The van der Waals surface area contributed by atoms with Gasteiger partial charge in [-0.1, -0.05) is 41.4 Å². The van der Waals surface area contributed by atoms with Crippen molar-refractivity contribution in [3.63, 3.8) is 0 Å². The van der Waals surface area contributed by atoms with Crippen LogP contribution in [0.2, 0.25) is 10.0 Å². The zero-order chi connectivity index (χ0) is 20.3. The maximum atomic E-state index is 12.9. The third kappa shape index (κ3) is 4.30. The van der Waals surface area contributed by atoms with Gasteiger partial charge in [0.25, 0.3) is 5.91 Å². The van der Waals surface area contributed by atoms with Crippen molar-refractivity contribution in [2.75, 3.05) is 26.0 Å². The van der Waals surface area contributed by atoms with Gasteiger partial charge in [-0.25, -0.2) is 0 Å². The van der Waals surface area contributed by atoms with Gasteiger partial charge in [0.1, 0.15) is 5.58 Å². The molecule has 1 heterocycles. The van der Waals surface area contributed by atoms with Gasteiger partial charge in [0, 0.05) is 30.8 Å². The Balaban J connectivity index is 1.75. The first-order chi connectivity index (χ1) is 13.4. The lowest BCUT2D eigenvalue weighted by molar-refractivity contribution is -0.116. The highest BCUT2D eigenvalue weighted by molar-refractivity contribution is 6.42. The number of hydrogen-bond acceptors (Lipinski definition) is 4. The molecule has 28 heavy (non-hydrogen) atoms. The highest BCUT2D eigenvalue weighted by Gasteiger charge is 2.24. The van der Waals surface area contributed by atoms with Gasteiger partial charge in [-0.2, -0.15) is 0 Å². The number of nitrogens with one attached hydrogen (secondary N) is 1. The minimum absolute atomic E-state index is 0.160. The number of benzene rings is 2. The Hall–Kier alpha value is -2.54. The van der Waals surface area contributed by atoms with Crippen molar-refractivity contribution in [1.82, 2.24) is 4.90 Å². The van der Waals surface area contributed by atoms with Gasteiger partial charge in [-0.3, -0.25) is 9.59 Å². The van der Waals surface area contributed by atoms with Gasteiger partial charge in [-0.05, 0) is 24.3 Å². The van der Waals surface area contributed by atoms with Crippen LogP contribution in [0, 0.1) is 0 Å². The summed E-state index contributed by atoms with van der Waals surface area (Å²) in [4.78, 5) is 26.4. The molecule has 1 N–H and O–H groups in total. The molecule has 0 bridgehead atoms. The molecular formula is C20H18Cl2N2O4. The molecule has 1 aromatic heterocycles. The maximum absolute atomic E-state index is 12.9. The zero-order valence-corrected chi connectivity index (χ0v) is 16.8. The quantitative estimate of drug-likeness (QED) is 0.632. The van der Waals surface area contributed by atoms with E-state index >= 15 is 0 Å². The van der Waals surface area contributed by atoms with Crippen LogP contribution in [0.15, 0.2) is 46.9 Å². The van der Waals surface area contributed by atoms with E-state index in [9.17, 15) is 9.59 Å². The fourth-order valence-corrected chi connectivity index (χ4v) is 3.09. The van der Waals surface area contributed by atoms with Crippen LogP contribution in [-0.4, -0.2) is 37.4 Å². The SMILES string of the molecule is COCc1c(C(=O)N(C)CC(=O)Nc2ccc(Cl)c(Cl)c2)oc2ccccc12. The summed E-state index contributed by atoms with van der Waals surface area (Å²) in [5, 5.41) is 4.21. The summed E-state index contributed by atoms with van der Waals surface area (Å²) in [5.74, 6) is -0.626. The highest BCUT2D eigenvalue weighted by Crippen LogP contribution is 2.28. The first-order valence-electron chi connectivity index (χ1n) is 8.40. The van der Waals surface area contributed by atoms with Crippen LogP contribution >= 0.6 is 23.2 Å². The number of amides is 2. The molecule has 0 radical (unpaired) electrons. The molecule has 0 atom stereocenters. The molecule has 146 valence electrons. The molecule has 8 heteroatoms. The number of hydrogen-bond donors (Lipinski definition) is 1. The Morgan fingerprint density at radius 1 is 1.14 bits per heavy atom. The number of para-hydroxylation sites is 1. The standard InChI is InChI=1S/C20H18Cl2N2O4/c1-24(10-18(25)23-12-7-8-15(21)16(22)9-12)20(26)19-14(11-27-2)13-5-3-4-6-17(13)28-19/h3-9H,10-11H2,1-2H3,(H,23,25). The van der Waals surface area contributed by atoms with Crippen LogP contribution in [0.4, 0.5) is 5.69 Å². The minimum atomic E-state index is -0.410. The lowest BCUT2D eigenvalue weighted by Gasteiger charge is -2.16. The van der Waals surface area contributed by atoms with Crippen LogP contribution in [0.1, 0.15) is 16.1 Å². The molecule has 0 unspecified atom stereocenters. The van der Waals surface area contributed by atoms with E-state index in [0.29, 0.717) is 26.9 Å². The summed E-state index contributed by atoms with van der Waals surface area (Å²) in [6.45, 7) is 0.0595. The van der Waals surface area contributed by atoms with Crippen LogP contribution in [-0.2, 0) is 16.1 Å². The van der Waals surface area contributed by atoms with E-state index in [1.54, 1.807) is 31.4 Å². The third-order valence-electron chi connectivity index (χ3n) is 4.11. The first-order valence-corrected chi connectivity index (χ1v) is 9.16. The summed E-state index contributed by atoms with van der Waals surface area (Å²) < 4.78 is 10.9. The van der Waals surface area contributed by atoms with E-state index in [2.05, 4.69) is 5.32 Å². The largest absolute Gasteiger partial charge is 0.451 e. The third-order valence-corrected chi connectivity index (χ3v) is 4.85. The first kappa shape index (κ1) is 20.2. The second-order valence-corrected chi connectivity index (χ2v) is 6.99. The van der Waals surface area contributed by atoms with Crippen molar-refractivity contribution in [1.29, 1.82) is 0 Å². The number of rotatable bonds is 6. The van der Waals surface area contributed by atoms with E-state index in [1.165, 1.54) is 11.9 Å². The van der Waals surface area contributed by atoms with Gasteiger partial charge in [0.15, 0.2) is 5.76 Å². The van der Waals surface area contributed by atoms with Crippen molar-refractivity contribution in [3.8, 4) is 0 Å². The summed E-state index contributed by atoms with van der Waals surface area (Å²) >= 11 is 11.8. The van der Waals surface area contributed by atoms with Gasteiger partial charge >= 0.3 is 0 Å². The molecule has 2 amide bonds. The maximum Gasteiger partial charge on any atom is 0.290 e. The van der Waals surface area contributed by atoms with E-state index in [-0.39, 0.29) is 24.8 Å². The molecule has 6 nitrogen and oxygen atoms in total. The average Bonchev–Trinajstić information content (AvgIpc) is 3.03. The predicted molar refractivity (Wildman–Crippen MR) is 109 cm³/mol. The molecule has 3 rings (SSSR count). The molecule has 0 saturated carbocycles. The molecule has 0 spiro atoms. The summed E-state index contributed by atoms with van der Waals surface area (Å²) in [6, 6.07) is 12.1. The molecule has 2 aromatic carbocycles. The normalized spacial score (nSPS) is 10.9. The molecular weight excluding hydrogens is 403 g/mol. The Morgan fingerprint density at radius 3 is 2.61 bits per heavy atom. The number of methoxy groups -OCH3 is 1. The van der Waals surface area contributed by atoms with Crippen molar-refractivity contribution in [2.24, 2.45) is 0 Å². The van der Waals surface area contributed by atoms with Gasteiger partial charge in [0.05, 0.1) is 23.2 Å². The number of likely N-dealkylation sites (N-methyl/N-ethyl adjacent to an activating group) is 1. The number of anilines is 1. The average molecular weight is 421 g/mol. The topological polar surface area (TPSA) is 71.8 Å². The number of fused-ring (bicyclic) bond motifs is 1. The molecule has 0 aliphatic heterocycles. The Bertz CT molecular complexity index is 1030. The van der Waals surface area contributed by atoms with E-state index in [1.807, 2.05) is 18.2 Å². The lowest BCUT2D eigenvalue weighted by atomic mass is 10.1. The van der Waals surface area contributed by atoms with Gasteiger partial charge in [0.2, 0.25) is 5.91 Å². The number of carbonyl (C=O) groups excluding carboxylic acids is 2. The van der Waals surface area contributed by atoms with Crippen LogP contribution in [0.3, 0.4) is 0 Å². The van der Waals surface area contributed by atoms with Gasteiger partial charge in [-0.15, -0.1) is 0 Å². The molecule has 0 aliphatic carbocycles. The number of nitrogens with zero attached hydrogens (tertiary/aromatic N) is 1. The van der Waals surface area contributed by atoms with E-state index in [4.69, 9.17) is 32.4 Å². The number of furan rings is 1. The molecule has 0 saturated heterocycles. The number of carbonyl (C=O) groups is 2. The van der Waals surface area contributed by atoms with Crippen molar-refractivity contribution in [2.45, 2.75) is 6.61 Å². The number of halogens is 2. The van der Waals surface area contributed by atoms with Crippen LogP contribution < -0.4 is 5.32 Å². The Morgan fingerprint density at radius 2 is 1.89 bits per heavy atom. The van der Waals surface area contributed by atoms with E-state index < -0.39 is 5.91 Å². The Kier molecular flexibility index (Phi) is 6.24. The molecule has 0 fully saturated rings. The number of ether oxygens (including phenoxy) is 1. The fraction of sp³-hybridized carbons (Fsp3) is 0.200. The second kappa shape index (κ2) is 8.65.